The maximum atomic E-state index is 8.78. The van der Waals surface area contributed by atoms with E-state index < -0.39 is 0 Å². The number of aromatic nitrogens is 2. The van der Waals surface area contributed by atoms with Gasteiger partial charge >= 0.3 is 0 Å². The van der Waals surface area contributed by atoms with Crippen molar-refractivity contribution >= 4 is 0 Å². The van der Waals surface area contributed by atoms with Crippen molar-refractivity contribution < 1.29 is 0 Å². The van der Waals surface area contributed by atoms with Crippen LogP contribution in [0.4, 0.5) is 0 Å². The van der Waals surface area contributed by atoms with Crippen LogP contribution in [-0.2, 0) is 0 Å². The first kappa shape index (κ1) is 10.4. The standard InChI is InChI=1S/C13H13N3/c1-9-4-10(2)13(11(3)5-9)16-8-12(6-14)7-15-16/h4-5,7-8H,1-3H3. The first-order chi connectivity index (χ1) is 7.61. The minimum Gasteiger partial charge on any atom is -0.239 e. The van der Waals surface area contributed by atoms with E-state index >= 15 is 0 Å². The van der Waals surface area contributed by atoms with E-state index in [9.17, 15) is 0 Å². The highest BCUT2D eigenvalue weighted by atomic mass is 15.3. The van der Waals surface area contributed by atoms with E-state index in [1.54, 1.807) is 17.1 Å². The van der Waals surface area contributed by atoms with Crippen LogP contribution in [0.25, 0.3) is 5.69 Å². The van der Waals surface area contributed by atoms with E-state index in [2.05, 4.69) is 44.1 Å². The Hall–Kier alpha value is -2.08. The molecule has 0 saturated carbocycles. The molecule has 2 aromatic rings. The molecule has 0 amide bonds. The smallest absolute Gasteiger partial charge is 0.102 e. The predicted octanol–water partition coefficient (Wildman–Crippen LogP) is 2.67. The molecule has 1 aromatic heterocycles. The summed E-state index contributed by atoms with van der Waals surface area (Å²) in [6, 6.07) is 6.33. The summed E-state index contributed by atoms with van der Waals surface area (Å²) in [7, 11) is 0. The maximum Gasteiger partial charge on any atom is 0.102 e. The van der Waals surface area contributed by atoms with Crippen LogP contribution in [0.2, 0.25) is 0 Å². The van der Waals surface area contributed by atoms with Gasteiger partial charge in [0.25, 0.3) is 0 Å². The van der Waals surface area contributed by atoms with Gasteiger partial charge in [-0.1, -0.05) is 17.7 Å². The minimum atomic E-state index is 0.583. The van der Waals surface area contributed by atoms with Crippen LogP contribution in [-0.4, -0.2) is 9.78 Å². The van der Waals surface area contributed by atoms with Gasteiger partial charge in [-0.25, -0.2) is 4.68 Å². The molecule has 0 aliphatic carbocycles. The molecule has 16 heavy (non-hydrogen) atoms. The van der Waals surface area contributed by atoms with Crippen LogP contribution in [0, 0.1) is 32.1 Å². The van der Waals surface area contributed by atoms with Gasteiger partial charge in [-0.3, -0.25) is 0 Å². The third-order valence-corrected chi connectivity index (χ3v) is 2.58. The molecule has 0 fully saturated rings. The third-order valence-electron chi connectivity index (χ3n) is 2.58. The Morgan fingerprint density at radius 3 is 2.31 bits per heavy atom. The molecule has 0 aliphatic heterocycles. The molecule has 0 spiro atoms. The number of nitrogens with zero attached hydrogens (tertiary/aromatic N) is 3. The van der Waals surface area contributed by atoms with E-state index in [4.69, 9.17) is 5.26 Å². The Labute approximate surface area is 94.9 Å². The van der Waals surface area contributed by atoms with Gasteiger partial charge < -0.3 is 0 Å². The normalized spacial score (nSPS) is 10.1. The average molecular weight is 211 g/mol. The van der Waals surface area contributed by atoms with Crippen molar-refractivity contribution in [3.05, 3.63) is 46.8 Å². The van der Waals surface area contributed by atoms with Gasteiger partial charge in [0, 0.05) is 6.20 Å². The summed E-state index contributed by atoms with van der Waals surface area (Å²) in [5, 5.41) is 13.0. The van der Waals surface area contributed by atoms with Gasteiger partial charge in [0.05, 0.1) is 17.4 Å². The average Bonchev–Trinajstić information content (AvgIpc) is 2.64. The zero-order valence-electron chi connectivity index (χ0n) is 9.65. The Balaban J connectivity index is 2.60. The number of hydrogen-bond acceptors (Lipinski definition) is 2. The molecule has 0 bridgehead atoms. The first-order valence-electron chi connectivity index (χ1n) is 5.15. The molecule has 0 radical (unpaired) electrons. The number of aryl methyl sites for hydroxylation is 3. The van der Waals surface area contributed by atoms with E-state index in [-0.39, 0.29) is 0 Å². The molecule has 1 heterocycles. The summed E-state index contributed by atoms with van der Waals surface area (Å²) in [5.41, 5.74) is 5.23. The van der Waals surface area contributed by atoms with Gasteiger partial charge in [0.15, 0.2) is 0 Å². The molecule has 0 aliphatic rings. The zero-order chi connectivity index (χ0) is 11.7. The van der Waals surface area contributed by atoms with Gasteiger partial charge in [-0.05, 0) is 31.9 Å². The fourth-order valence-corrected chi connectivity index (χ4v) is 2.04. The van der Waals surface area contributed by atoms with Gasteiger partial charge in [-0.2, -0.15) is 10.4 Å². The van der Waals surface area contributed by atoms with Crippen LogP contribution >= 0.6 is 0 Å². The minimum absolute atomic E-state index is 0.583. The zero-order valence-corrected chi connectivity index (χ0v) is 9.65. The van der Waals surface area contributed by atoms with E-state index in [1.165, 1.54) is 16.7 Å². The fraction of sp³-hybridized carbons (Fsp3) is 0.231. The highest BCUT2D eigenvalue weighted by Gasteiger charge is 2.07. The van der Waals surface area contributed by atoms with Crippen LogP contribution in [0.15, 0.2) is 24.5 Å². The lowest BCUT2D eigenvalue weighted by Crippen LogP contribution is -2.01. The lowest BCUT2D eigenvalue weighted by atomic mass is 10.1. The SMILES string of the molecule is Cc1cc(C)c(-n2cc(C#N)cn2)c(C)c1. The molecular weight excluding hydrogens is 198 g/mol. The van der Waals surface area contributed by atoms with E-state index in [1.807, 2.05) is 0 Å². The second kappa shape index (κ2) is 3.82. The molecule has 0 atom stereocenters. The molecule has 0 N–H and O–H groups in total. The van der Waals surface area contributed by atoms with Gasteiger partial charge in [0.1, 0.15) is 6.07 Å². The van der Waals surface area contributed by atoms with Crippen LogP contribution in [0.5, 0.6) is 0 Å². The van der Waals surface area contributed by atoms with Crippen molar-refractivity contribution in [3.8, 4) is 11.8 Å². The Bertz CT molecular complexity index is 550. The monoisotopic (exact) mass is 211 g/mol. The molecule has 3 heteroatoms. The molecule has 3 nitrogen and oxygen atoms in total. The lowest BCUT2D eigenvalue weighted by molar-refractivity contribution is 0.863. The first-order valence-corrected chi connectivity index (χ1v) is 5.15. The largest absolute Gasteiger partial charge is 0.239 e. The predicted molar refractivity (Wildman–Crippen MR) is 62.5 cm³/mol. The topological polar surface area (TPSA) is 41.6 Å². The Morgan fingerprint density at radius 1 is 1.19 bits per heavy atom. The molecule has 0 saturated heterocycles. The van der Waals surface area contributed by atoms with Crippen LogP contribution < -0.4 is 0 Å². The molecule has 2 rings (SSSR count). The van der Waals surface area contributed by atoms with Crippen molar-refractivity contribution in [2.75, 3.05) is 0 Å². The second-order valence-corrected chi connectivity index (χ2v) is 4.03. The quantitative estimate of drug-likeness (QED) is 0.727. The van der Waals surface area contributed by atoms with Crippen molar-refractivity contribution in [1.29, 1.82) is 5.26 Å². The van der Waals surface area contributed by atoms with Crippen LogP contribution in [0.3, 0.4) is 0 Å². The van der Waals surface area contributed by atoms with Crippen molar-refractivity contribution in [2.24, 2.45) is 0 Å². The van der Waals surface area contributed by atoms with Gasteiger partial charge in [0.2, 0.25) is 0 Å². The summed E-state index contributed by atoms with van der Waals surface area (Å²) >= 11 is 0. The molecule has 1 aromatic carbocycles. The maximum absolute atomic E-state index is 8.78. The van der Waals surface area contributed by atoms with E-state index in [0.717, 1.165) is 5.69 Å². The van der Waals surface area contributed by atoms with Crippen molar-refractivity contribution in [1.82, 2.24) is 9.78 Å². The lowest BCUT2D eigenvalue weighted by Gasteiger charge is -2.10. The summed E-state index contributed by atoms with van der Waals surface area (Å²) in [5.74, 6) is 0. The number of rotatable bonds is 1. The second-order valence-electron chi connectivity index (χ2n) is 4.03. The summed E-state index contributed by atoms with van der Waals surface area (Å²) in [6.07, 6.45) is 3.34. The number of hydrogen-bond donors (Lipinski definition) is 0. The summed E-state index contributed by atoms with van der Waals surface area (Å²) in [4.78, 5) is 0. The highest BCUT2D eigenvalue weighted by molar-refractivity contribution is 5.49. The summed E-state index contributed by atoms with van der Waals surface area (Å²) in [6.45, 7) is 6.19. The highest BCUT2D eigenvalue weighted by Crippen LogP contribution is 2.20. The fourth-order valence-electron chi connectivity index (χ4n) is 2.04. The van der Waals surface area contributed by atoms with Crippen molar-refractivity contribution in [3.63, 3.8) is 0 Å². The van der Waals surface area contributed by atoms with E-state index in [0.29, 0.717) is 5.56 Å². The number of benzene rings is 1. The number of nitriles is 1. The Kier molecular flexibility index (Phi) is 2.49. The Morgan fingerprint density at radius 2 is 1.81 bits per heavy atom. The molecular formula is C13H13N3. The van der Waals surface area contributed by atoms with Crippen LogP contribution in [0.1, 0.15) is 22.3 Å². The van der Waals surface area contributed by atoms with Crippen molar-refractivity contribution in [2.45, 2.75) is 20.8 Å². The summed E-state index contributed by atoms with van der Waals surface area (Å²) < 4.78 is 1.77. The molecule has 80 valence electrons. The molecule has 0 unspecified atom stereocenters. The van der Waals surface area contributed by atoms with Gasteiger partial charge in [-0.15, -0.1) is 0 Å². The third kappa shape index (κ3) is 1.70.